The third kappa shape index (κ3) is 1.33. The summed E-state index contributed by atoms with van der Waals surface area (Å²) >= 11 is 0. The van der Waals surface area contributed by atoms with Crippen LogP contribution in [0, 0.1) is 17.3 Å². The van der Waals surface area contributed by atoms with Crippen molar-refractivity contribution in [3.63, 3.8) is 0 Å². The lowest BCUT2D eigenvalue weighted by atomic mass is 9.59. The molecule has 0 radical (unpaired) electrons. The molecule has 0 amide bonds. The lowest BCUT2D eigenvalue weighted by Gasteiger charge is -2.50. The fourth-order valence-corrected chi connectivity index (χ4v) is 4.89. The predicted octanol–water partition coefficient (Wildman–Crippen LogP) is 3.92. The summed E-state index contributed by atoms with van der Waals surface area (Å²) in [5.41, 5.74) is -0.188. The van der Waals surface area contributed by atoms with Crippen LogP contribution in [0.2, 0.25) is 0 Å². The smallest absolute Gasteiger partial charge is 0.0737 e. The molecule has 0 spiro atoms. The van der Waals surface area contributed by atoms with Crippen LogP contribution in [0.15, 0.2) is 12.7 Å². The van der Waals surface area contributed by atoms with Gasteiger partial charge in [-0.1, -0.05) is 19.9 Å². The van der Waals surface area contributed by atoms with Gasteiger partial charge >= 0.3 is 0 Å². The van der Waals surface area contributed by atoms with E-state index < -0.39 is 5.60 Å². The van der Waals surface area contributed by atoms with E-state index in [9.17, 15) is 5.11 Å². The van der Waals surface area contributed by atoms with Crippen LogP contribution in [0.5, 0.6) is 0 Å². The highest BCUT2D eigenvalue weighted by Gasteiger charge is 2.64. The summed E-state index contributed by atoms with van der Waals surface area (Å²) in [5, 5.41) is 11.2. The van der Waals surface area contributed by atoms with Gasteiger partial charge in [0, 0.05) is 5.41 Å². The van der Waals surface area contributed by atoms with Crippen LogP contribution >= 0.6 is 0 Å². The Bertz CT molecular complexity index is 267. The van der Waals surface area contributed by atoms with Crippen LogP contribution in [0.25, 0.3) is 0 Å². The molecule has 92 valence electrons. The Kier molecular flexibility index (Phi) is 3.18. The van der Waals surface area contributed by atoms with E-state index in [1.165, 1.54) is 19.3 Å². The second-order valence-corrected chi connectivity index (χ2v) is 5.82. The first-order valence-corrected chi connectivity index (χ1v) is 6.98. The molecule has 2 saturated carbocycles. The molecule has 0 saturated heterocycles. The minimum Gasteiger partial charge on any atom is -0.389 e. The molecule has 0 heterocycles. The second-order valence-electron chi connectivity index (χ2n) is 5.82. The molecule has 3 atom stereocenters. The largest absolute Gasteiger partial charge is 0.389 e. The van der Waals surface area contributed by atoms with Crippen molar-refractivity contribution in [2.75, 3.05) is 0 Å². The van der Waals surface area contributed by atoms with E-state index in [0.29, 0.717) is 5.92 Å². The summed E-state index contributed by atoms with van der Waals surface area (Å²) in [5.74, 6) is 1.35. The Hall–Kier alpha value is -0.300. The van der Waals surface area contributed by atoms with Crippen molar-refractivity contribution >= 4 is 0 Å². The molecule has 2 aliphatic carbocycles. The summed E-state index contributed by atoms with van der Waals surface area (Å²) in [6.45, 7) is 8.34. The normalized spacial score (nSPS) is 40.2. The fraction of sp³-hybridized carbons (Fsp3) is 0.867. The van der Waals surface area contributed by atoms with Crippen LogP contribution in [0.3, 0.4) is 0 Å². The van der Waals surface area contributed by atoms with Crippen LogP contribution in [-0.4, -0.2) is 10.7 Å². The third-order valence-corrected chi connectivity index (χ3v) is 5.74. The van der Waals surface area contributed by atoms with Crippen molar-refractivity contribution in [1.82, 2.24) is 0 Å². The van der Waals surface area contributed by atoms with Crippen LogP contribution < -0.4 is 0 Å². The van der Waals surface area contributed by atoms with Gasteiger partial charge < -0.3 is 5.11 Å². The zero-order valence-electron chi connectivity index (χ0n) is 10.8. The van der Waals surface area contributed by atoms with Gasteiger partial charge in [-0.15, -0.1) is 6.58 Å². The summed E-state index contributed by atoms with van der Waals surface area (Å²) in [6, 6.07) is 0. The van der Waals surface area contributed by atoms with Crippen LogP contribution in [-0.2, 0) is 0 Å². The van der Waals surface area contributed by atoms with Crippen molar-refractivity contribution in [3.05, 3.63) is 12.7 Å². The predicted molar refractivity (Wildman–Crippen MR) is 68.2 cm³/mol. The first-order chi connectivity index (χ1) is 7.64. The van der Waals surface area contributed by atoms with E-state index in [2.05, 4.69) is 20.4 Å². The number of allylic oxidation sites excluding steroid dienone is 1. The Morgan fingerprint density at radius 2 is 1.88 bits per heavy atom. The Morgan fingerprint density at radius 1 is 1.25 bits per heavy atom. The van der Waals surface area contributed by atoms with Crippen molar-refractivity contribution in [1.29, 1.82) is 0 Å². The number of fused-ring (bicyclic) bond motifs is 2. The minimum absolute atomic E-state index is 0.207. The summed E-state index contributed by atoms with van der Waals surface area (Å²) < 4.78 is 0. The molecule has 1 nitrogen and oxygen atoms in total. The molecule has 2 bridgehead atoms. The third-order valence-electron chi connectivity index (χ3n) is 5.74. The highest BCUT2D eigenvalue weighted by Crippen LogP contribution is 2.66. The van der Waals surface area contributed by atoms with E-state index in [0.717, 1.165) is 31.6 Å². The lowest BCUT2D eigenvalue weighted by molar-refractivity contribution is -0.132. The van der Waals surface area contributed by atoms with Crippen LogP contribution in [0.1, 0.15) is 58.8 Å². The van der Waals surface area contributed by atoms with E-state index in [4.69, 9.17) is 0 Å². The monoisotopic (exact) mass is 222 g/mol. The lowest BCUT2D eigenvalue weighted by Crippen LogP contribution is -2.52. The zero-order chi connectivity index (χ0) is 11.8. The number of aliphatic hydroxyl groups is 1. The van der Waals surface area contributed by atoms with Crippen molar-refractivity contribution < 1.29 is 5.11 Å². The van der Waals surface area contributed by atoms with E-state index in [1.54, 1.807) is 0 Å². The molecule has 2 fully saturated rings. The van der Waals surface area contributed by atoms with Crippen molar-refractivity contribution in [3.8, 4) is 0 Å². The molecule has 0 aromatic rings. The summed E-state index contributed by atoms with van der Waals surface area (Å²) in [6.07, 6.45) is 10.00. The summed E-state index contributed by atoms with van der Waals surface area (Å²) in [4.78, 5) is 0. The van der Waals surface area contributed by atoms with Gasteiger partial charge in [0.25, 0.3) is 0 Å². The van der Waals surface area contributed by atoms with Crippen molar-refractivity contribution in [2.24, 2.45) is 17.3 Å². The Morgan fingerprint density at radius 3 is 2.44 bits per heavy atom. The van der Waals surface area contributed by atoms with Gasteiger partial charge in [-0.05, 0) is 56.8 Å². The van der Waals surface area contributed by atoms with Gasteiger partial charge in [0.05, 0.1) is 5.60 Å². The maximum Gasteiger partial charge on any atom is 0.0737 e. The molecule has 2 rings (SSSR count). The van der Waals surface area contributed by atoms with E-state index in [-0.39, 0.29) is 5.41 Å². The molecule has 1 heteroatoms. The molecule has 1 N–H and O–H groups in total. The van der Waals surface area contributed by atoms with Gasteiger partial charge in [0.2, 0.25) is 0 Å². The molecular formula is C15H26O. The molecule has 16 heavy (non-hydrogen) atoms. The Balaban J connectivity index is 2.29. The molecule has 3 unspecified atom stereocenters. The molecule has 0 aromatic heterocycles. The average Bonchev–Trinajstić information content (AvgIpc) is 2.86. The molecule has 2 aliphatic rings. The number of hydrogen-bond donors (Lipinski definition) is 1. The second kappa shape index (κ2) is 4.18. The van der Waals surface area contributed by atoms with Gasteiger partial charge in [-0.2, -0.15) is 0 Å². The van der Waals surface area contributed by atoms with Gasteiger partial charge in [0.1, 0.15) is 0 Å². The van der Waals surface area contributed by atoms with Gasteiger partial charge in [0.15, 0.2) is 0 Å². The minimum atomic E-state index is -0.395. The number of hydrogen-bond acceptors (Lipinski definition) is 1. The summed E-state index contributed by atoms with van der Waals surface area (Å²) in [7, 11) is 0. The highest BCUT2D eigenvalue weighted by atomic mass is 16.3. The SMILES string of the molecule is C=CCCC1(O)C2CCC(C2)C1(CC)CC. The molecule has 0 aromatic carbocycles. The van der Waals surface area contributed by atoms with Crippen molar-refractivity contribution in [2.45, 2.75) is 64.4 Å². The van der Waals surface area contributed by atoms with Crippen LogP contribution in [0.4, 0.5) is 0 Å². The van der Waals surface area contributed by atoms with E-state index >= 15 is 0 Å². The van der Waals surface area contributed by atoms with Gasteiger partial charge in [-0.3, -0.25) is 0 Å². The van der Waals surface area contributed by atoms with E-state index in [1.807, 2.05) is 6.08 Å². The topological polar surface area (TPSA) is 20.2 Å². The zero-order valence-corrected chi connectivity index (χ0v) is 10.8. The highest BCUT2D eigenvalue weighted by molar-refractivity contribution is 5.14. The Labute approximate surface area is 99.9 Å². The maximum absolute atomic E-state index is 11.2. The number of rotatable bonds is 5. The fourth-order valence-electron chi connectivity index (χ4n) is 4.89. The standard InChI is InChI=1S/C15H26O/c1-4-7-10-15(16)13-9-8-12(11-13)14(15,5-2)6-3/h4,12-13,16H,1,5-11H2,2-3H3. The first-order valence-electron chi connectivity index (χ1n) is 6.98. The molecule has 0 aliphatic heterocycles. The quantitative estimate of drug-likeness (QED) is 0.699. The average molecular weight is 222 g/mol. The first kappa shape index (κ1) is 12.2. The molecular weight excluding hydrogens is 196 g/mol. The van der Waals surface area contributed by atoms with Gasteiger partial charge in [-0.25, -0.2) is 0 Å². The maximum atomic E-state index is 11.2.